The van der Waals surface area contributed by atoms with Gasteiger partial charge in [0.25, 0.3) is 0 Å². The van der Waals surface area contributed by atoms with E-state index in [4.69, 9.17) is 4.74 Å². The number of ketones is 1. The Bertz CT molecular complexity index is 458. The van der Waals surface area contributed by atoms with Crippen molar-refractivity contribution in [1.82, 2.24) is 0 Å². The second-order valence-electron chi connectivity index (χ2n) is 4.04. The smallest absolute Gasteiger partial charge is 0.405 e. The molecule has 106 valence electrons. The molecule has 1 aromatic rings. The van der Waals surface area contributed by atoms with E-state index in [2.05, 4.69) is 0 Å². The van der Waals surface area contributed by atoms with Crippen LogP contribution in [0.5, 0.6) is 5.75 Å². The molecule has 0 N–H and O–H groups in total. The van der Waals surface area contributed by atoms with Crippen LogP contribution >= 0.6 is 0 Å². The number of methoxy groups -OCH3 is 1. The molecule has 0 unspecified atom stereocenters. The first-order valence-electron chi connectivity index (χ1n) is 5.79. The Balaban J connectivity index is 3.27. The minimum Gasteiger partial charge on any atom is -0.496 e. The average molecular weight is 275 g/mol. The maximum Gasteiger partial charge on any atom is 0.405 e. The van der Waals surface area contributed by atoms with Crippen LogP contribution in [-0.4, -0.2) is 32.2 Å². The quantitative estimate of drug-likeness (QED) is 0.772. The summed E-state index contributed by atoms with van der Waals surface area (Å²) in [6, 6.07) is 4.62. The zero-order valence-corrected chi connectivity index (χ0v) is 11.0. The van der Waals surface area contributed by atoms with Crippen LogP contribution in [0, 0.1) is 0 Å². The Labute approximate surface area is 110 Å². The highest BCUT2D eigenvalue weighted by Gasteiger charge is 2.31. The fourth-order valence-corrected chi connectivity index (χ4v) is 1.89. The first-order valence-corrected chi connectivity index (χ1v) is 5.79. The Morgan fingerprint density at radius 1 is 1.37 bits per heavy atom. The van der Waals surface area contributed by atoms with E-state index in [1.807, 2.05) is 0 Å². The molecule has 0 spiro atoms. The molecule has 0 heterocycles. The Morgan fingerprint density at radius 2 is 2.00 bits per heavy atom. The zero-order chi connectivity index (χ0) is 14.6. The van der Waals surface area contributed by atoms with Gasteiger partial charge >= 0.3 is 6.18 Å². The highest BCUT2D eigenvalue weighted by molar-refractivity contribution is 6.02. The summed E-state index contributed by atoms with van der Waals surface area (Å²) in [6.07, 6.45) is -4.33. The Kier molecular flexibility index (Phi) is 4.80. The van der Waals surface area contributed by atoms with Crippen molar-refractivity contribution in [3.63, 3.8) is 0 Å². The van der Waals surface area contributed by atoms with Crippen molar-refractivity contribution >= 4 is 11.5 Å². The number of alkyl halides is 3. The van der Waals surface area contributed by atoms with Crippen molar-refractivity contribution in [2.75, 3.05) is 25.1 Å². The third kappa shape index (κ3) is 3.87. The summed E-state index contributed by atoms with van der Waals surface area (Å²) >= 11 is 0. The van der Waals surface area contributed by atoms with Crippen LogP contribution < -0.4 is 9.64 Å². The first kappa shape index (κ1) is 15.3. The molecular weight excluding hydrogens is 259 g/mol. The monoisotopic (exact) mass is 275 g/mol. The maximum absolute atomic E-state index is 12.5. The predicted octanol–water partition coefficient (Wildman–Crippen LogP) is 3.29. The van der Waals surface area contributed by atoms with Gasteiger partial charge in [-0.25, -0.2) is 0 Å². The number of Topliss-reactive ketones (excluding diaryl/α,β-unsaturated/α-hetero) is 1. The molecule has 0 aliphatic heterocycles. The SMILES string of the molecule is CCN(CC(F)(F)F)c1cccc(OC)c1C(C)=O. The minimum atomic E-state index is -4.33. The third-order valence-electron chi connectivity index (χ3n) is 2.67. The van der Waals surface area contributed by atoms with Crippen LogP contribution in [0.1, 0.15) is 24.2 Å². The van der Waals surface area contributed by atoms with Gasteiger partial charge in [0.15, 0.2) is 5.78 Å². The molecule has 0 amide bonds. The van der Waals surface area contributed by atoms with E-state index in [9.17, 15) is 18.0 Å². The van der Waals surface area contributed by atoms with Gasteiger partial charge in [-0.2, -0.15) is 13.2 Å². The molecule has 0 bridgehead atoms. The lowest BCUT2D eigenvalue weighted by molar-refractivity contribution is -0.119. The van der Waals surface area contributed by atoms with Crippen molar-refractivity contribution in [1.29, 1.82) is 0 Å². The summed E-state index contributed by atoms with van der Waals surface area (Å²) in [4.78, 5) is 12.8. The third-order valence-corrected chi connectivity index (χ3v) is 2.67. The van der Waals surface area contributed by atoms with Gasteiger partial charge in [0, 0.05) is 6.54 Å². The molecule has 0 aliphatic carbocycles. The average Bonchev–Trinajstić information content (AvgIpc) is 2.33. The first-order chi connectivity index (χ1) is 8.80. The summed E-state index contributed by atoms with van der Waals surface area (Å²) in [6.45, 7) is 1.96. The van der Waals surface area contributed by atoms with Crippen molar-refractivity contribution in [2.24, 2.45) is 0 Å². The van der Waals surface area contributed by atoms with Gasteiger partial charge in [0.1, 0.15) is 12.3 Å². The van der Waals surface area contributed by atoms with Gasteiger partial charge in [-0.1, -0.05) is 6.07 Å². The Morgan fingerprint density at radius 3 is 2.42 bits per heavy atom. The number of hydrogen-bond donors (Lipinski definition) is 0. The van der Waals surface area contributed by atoms with Crippen LogP contribution in [-0.2, 0) is 0 Å². The largest absolute Gasteiger partial charge is 0.496 e. The highest BCUT2D eigenvalue weighted by atomic mass is 19.4. The van der Waals surface area contributed by atoms with Crippen LogP contribution in [0.3, 0.4) is 0 Å². The topological polar surface area (TPSA) is 29.5 Å². The molecule has 0 saturated carbocycles. The minimum absolute atomic E-state index is 0.146. The zero-order valence-electron chi connectivity index (χ0n) is 11.0. The summed E-state index contributed by atoms with van der Waals surface area (Å²) in [7, 11) is 1.38. The van der Waals surface area contributed by atoms with Crippen LogP contribution in [0.2, 0.25) is 0 Å². The number of hydrogen-bond acceptors (Lipinski definition) is 3. The van der Waals surface area contributed by atoms with E-state index < -0.39 is 12.7 Å². The lowest BCUT2D eigenvalue weighted by Crippen LogP contribution is -2.35. The van der Waals surface area contributed by atoms with E-state index in [-0.39, 0.29) is 29.3 Å². The number of ether oxygens (including phenoxy) is 1. The van der Waals surface area contributed by atoms with Gasteiger partial charge in [-0.15, -0.1) is 0 Å². The lowest BCUT2D eigenvalue weighted by Gasteiger charge is -2.26. The number of halogens is 3. The molecule has 0 saturated heterocycles. The fraction of sp³-hybridized carbons (Fsp3) is 0.462. The number of carbonyl (C=O) groups excluding carboxylic acids is 1. The number of anilines is 1. The molecule has 0 fully saturated rings. The van der Waals surface area contributed by atoms with E-state index in [1.54, 1.807) is 19.1 Å². The summed E-state index contributed by atoms with van der Waals surface area (Å²) < 4.78 is 42.7. The summed E-state index contributed by atoms with van der Waals surface area (Å²) in [5.74, 6) is -0.0429. The molecule has 0 atom stereocenters. The second kappa shape index (κ2) is 5.95. The van der Waals surface area contributed by atoms with E-state index in [0.717, 1.165) is 4.90 Å². The molecule has 6 heteroatoms. The van der Waals surface area contributed by atoms with E-state index in [0.29, 0.717) is 0 Å². The van der Waals surface area contributed by atoms with E-state index >= 15 is 0 Å². The fourth-order valence-electron chi connectivity index (χ4n) is 1.89. The highest BCUT2D eigenvalue weighted by Crippen LogP contribution is 2.31. The molecular formula is C13H16F3NO2. The van der Waals surface area contributed by atoms with Crippen LogP contribution in [0.4, 0.5) is 18.9 Å². The van der Waals surface area contributed by atoms with Crippen LogP contribution in [0.15, 0.2) is 18.2 Å². The number of rotatable bonds is 5. The molecule has 19 heavy (non-hydrogen) atoms. The van der Waals surface area contributed by atoms with Gasteiger partial charge in [0.05, 0.1) is 18.4 Å². The number of carbonyl (C=O) groups is 1. The molecule has 1 aromatic carbocycles. The molecule has 0 radical (unpaired) electrons. The van der Waals surface area contributed by atoms with Gasteiger partial charge < -0.3 is 9.64 Å². The molecule has 0 aliphatic rings. The summed E-state index contributed by atoms with van der Waals surface area (Å²) in [5, 5.41) is 0. The van der Waals surface area contributed by atoms with Crippen molar-refractivity contribution in [3.8, 4) is 5.75 Å². The molecule has 3 nitrogen and oxygen atoms in total. The number of nitrogens with zero attached hydrogens (tertiary/aromatic N) is 1. The van der Waals surface area contributed by atoms with Crippen LogP contribution in [0.25, 0.3) is 0 Å². The molecule has 0 aromatic heterocycles. The number of benzene rings is 1. The van der Waals surface area contributed by atoms with Crippen molar-refractivity contribution in [2.45, 2.75) is 20.0 Å². The lowest BCUT2D eigenvalue weighted by atomic mass is 10.1. The standard InChI is InChI=1S/C13H16F3NO2/c1-4-17(8-13(14,15)16)10-6-5-7-11(19-3)12(10)9(2)18/h5-7H,4,8H2,1-3H3. The predicted molar refractivity (Wildman–Crippen MR) is 66.9 cm³/mol. The Hall–Kier alpha value is -1.72. The molecule has 1 rings (SSSR count). The van der Waals surface area contributed by atoms with Crippen molar-refractivity contribution in [3.05, 3.63) is 23.8 Å². The van der Waals surface area contributed by atoms with Gasteiger partial charge in [0.2, 0.25) is 0 Å². The normalized spacial score (nSPS) is 11.3. The van der Waals surface area contributed by atoms with Crippen molar-refractivity contribution < 1.29 is 22.7 Å². The van der Waals surface area contributed by atoms with E-state index in [1.165, 1.54) is 20.1 Å². The van der Waals surface area contributed by atoms with Gasteiger partial charge in [-0.3, -0.25) is 4.79 Å². The second-order valence-corrected chi connectivity index (χ2v) is 4.04. The van der Waals surface area contributed by atoms with Gasteiger partial charge in [-0.05, 0) is 26.0 Å². The maximum atomic E-state index is 12.5. The summed E-state index contributed by atoms with van der Waals surface area (Å²) in [5.41, 5.74) is 0.419.